The maximum Gasteiger partial charge on any atom is 0.0825 e. The third-order valence-electron chi connectivity index (χ3n) is 3.17. The van der Waals surface area contributed by atoms with Crippen LogP contribution in [-0.4, -0.2) is 31.2 Å². The molecule has 88 valence electrons. The lowest BCUT2D eigenvalue weighted by Crippen LogP contribution is -2.50. The van der Waals surface area contributed by atoms with Crippen molar-refractivity contribution >= 4 is 0 Å². The first-order chi connectivity index (χ1) is 7.69. The molecule has 1 heterocycles. The molecule has 0 radical (unpaired) electrons. The molecular formula is C13H20N2O. The Bertz CT molecular complexity index is 328. The summed E-state index contributed by atoms with van der Waals surface area (Å²) in [5.41, 5.74) is 8.35. The van der Waals surface area contributed by atoms with Crippen LogP contribution in [0, 0.1) is 0 Å². The number of rotatable bonds is 4. The van der Waals surface area contributed by atoms with Crippen LogP contribution < -0.4 is 5.73 Å². The molecule has 3 nitrogen and oxygen atoms in total. The van der Waals surface area contributed by atoms with Gasteiger partial charge in [0.05, 0.1) is 6.10 Å². The SMILES string of the molecule is COC1CN(Cc2ccc(C(C)N)cc2)C1. The summed E-state index contributed by atoms with van der Waals surface area (Å²) in [5.74, 6) is 0. The van der Waals surface area contributed by atoms with Crippen LogP contribution in [0.15, 0.2) is 24.3 Å². The van der Waals surface area contributed by atoms with Crippen molar-refractivity contribution in [3.63, 3.8) is 0 Å². The fourth-order valence-corrected chi connectivity index (χ4v) is 1.99. The molecule has 0 aliphatic carbocycles. The standard InChI is InChI=1S/C13H20N2O/c1-10(14)12-5-3-11(4-6-12)7-15-8-13(9-15)16-2/h3-6,10,13H,7-9,14H2,1-2H3. The molecule has 2 N–H and O–H groups in total. The highest BCUT2D eigenvalue weighted by molar-refractivity contribution is 5.24. The first-order valence-electron chi connectivity index (χ1n) is 5.78. The Kier molecular flexibility index (Phi) is 3.59. The Balaban J connectivity index is 1.86. The van der Waals surface area contributed by atoms with Gasteiger partial charge in [0, 0.05) is 32.8 Å². The maximum absolute atomic E-state index is 5.81. The minimum atomic E-state index is 0.121. The molecule has 0 bridgehead atoms. The van der Waals surface area contributed by atoms with Crippen molar-refractivity contribution in [2.45, 2.75) is 25.6 Å². The van der Waals surface area contributed by atoms with Crippen molar-refractivity contribution < 1.29 is 4.74 Å². The third-order valence-corrected chi connectivity index (χ3v) is 3.17. The number of benzene rings is 1. The van der Waals surface area contributed by atoms with E-state index in [-0.39, 0.29) is 6.04 Å². The second-order valence-corrected chi connectivity index (χ2v) is 4.58. The summed E-state index contributed by atoms with van der Waals surface area (Å²) in [6.07, 6.45) is 0.434. The van der Waals surface area contributed by atoms with Crippen LogP contribution in [0.4, 0.5) is 0 Å². The number of nitrogens with two attached hydrogens (primary N) is 1. The molecule has 1 atom stereocenters. The van der Waals surface area contributed by atoms with E-state index >= 15 is 0 Å². The summed E-state index contributed by atoms with van der Waals surface area (Å²) in [7, 11) is 1.78. The summed E-state index contributed by atoms with van der Waals surface area (Å²) in [5, 5.41) is 0. The van der Waals surface area contributed by atoms with E-state index in [1.807, 2.05) is 6.92 Å². The van der Waals surface area contributed by atoms with Crippen molar-refractivity contribution in [2.24, 2.45) is 5.73 Å². The summed E-state index contributed by atoms with van der Waals surface area (Å²) in [6, 6.07) is 8.69. The van der Waals surface area contributed by atoms with Crippen LogP contribution in [0.2, 0.25) is 0 Å². The van der Waals surface area contributed by atoms with Gasteiger partial charge in [0.2, 0.25) is 0 Å². The van der Waals surface area contributed by atoms with Gasteiger partial charge in [0.1, 0.15) is 0 Å². The molecule has 1 aromatic carbocycles. The summed E-state index contributed by atoms with van der Waals surface area (Å²) in [6.45, 7) is 5.11. The minimum Gasteiger partial charge on any atom is -0.379 e. The van der Waals surface area contributed by atoms with Crippen LogP contribution in [0.5, 0.6) is 0 Å². The van der Waals surface area contributed by atoms with Crippen LogP contribution in [-0.2, 0) is 11.3 Å². The molecule has 3 heteroatoms. The number of hydrogen-bond donors (Lipinski definition) is 1. The quantitative estimate of drug-likeness (QED) is 0.836. The number of nitrogens with zero attached hydrogens (tertiary/aromatic N) is 1. The zero-order chi connectivity index (χ0) is 11.5. The van der Waals surface area contributed by atoms with Crippen LogP contribution >= 0.6 is 0 Å². The second kappa shape index (κ2) is 4.95. The lowest BCUT2D eigenvalue weighted by Gasteiger charge is -2.38. The fourth-order valence-electron chi connectivity index (χ4n) is 1.99. The highest BCUT2D eigenvalue weighted by atomic mass is 16.5. The Labute approximate surface area is 97.2 Å². The molecule has 1 aliphatic heterocycles. The van der Waals surface area contributed by atoms with Crippen LogP contribution in [0.1, 0.15) is 24.1 Å². The number of methoxy groups -OCH3 is 1. The Morgan fingerprint density at radius 3 is 2.50 bits per heavy atom. The van der Waals surface area contributed by atoms with Gasteiger partial charge in [-0.05, 0) is 18.1 Å². The van der Waals surface area contributed by atoms with Crippen molar-refractivity contribution in [1.82, 2.24) is 4.90 Å². The molecule has 1 aliphatic rings. The molecular weight excluding hydrogens is 200 g/mol. The lowest BCUT2D eigenvalue weighted by molar-refractivity contribution is -0.0333. The fraction of sp³-hybridized carbons (Fsp3) is 0.538. The predicted octanol–water partition coefficient (Wildman–Crippen LogP) is 1.54. The smallest absolute Gasteiger partial charge is 0.0825 e. The monoisotopic (exact) mass is 220 g/mol. The molecule has 0 spiro atoms. The zero-order valence-electron chi connectivity index (χ0n) is 10.0. The van der Waals surface area contributed by atoms with Gasteiger partial charge in [0.15, 0.2) is 0 Å². The lowest BCUT2D eigenvalue weighted by atomic mass is 10.1. The van der Waals surface area contributed by atoms with Crippen molar-refractivity contribution in [1.29, 1.82) is 0 Å². The molecule has 1 aromatic rings. The molecule has 0 amide bonds. The van der Waals surface area contributed by atoms with E-state index < -0.39 is 0 Å². The summed E-state index contributed by atoms with van der Waals surface area (Å²) >= 11 is 0. The van der Waals surface area contributed by atoms with E-state index in [9.17, 15) is 0 Å². The largest absolute Gasteiger partial charge is 0.379 e. The van der Waals surface area contributed by atoms with Gasteiger partial charge in [0.25, 0.3) is 0 Å². The normalized spacial score (nSPS) is 19.4. The van der Waals surface area contributed by atoms with E-state index in [2.05, 4.69) is 29.2 Å². The molecule has 1 unspecified atom stereocenters. The van der Waals surface area contributed by atoms with Crippen molar-refractivity contribution in [3.05, 3.63) is 35.4 Å². The van der Waals surface area contributed by atoms with E-state index in [1.54, 1.807) is 7.11 Å². The van der Waals surface area contributed by atoms with E-state index in [0.717, 1.165) is 19.6 Å². The Morgan fingerprint density at radius 1 is 1.38 bits per heavy atom. The first-order valence-corrected chi connectivity index (χ1v) is 5.78. The zero-order valence-corrected chi connectivity index (χ0v) is 10.0. The van der Waals surface area contributed by atoms with Crippen molar-refractivity contribution in [2.75, 3.05) is 20.2 Å². The van der Waals surface area contributed by atoms with E-state index in [0.29, 0.717) is 6.10 Å². The summed E-state index contributed by atoms with van der Waals surface area (Å²) < 4.78 is 5.25. The van der Waals surface area contributed by atoms with E-state index in [1.165, 1.54) is 11.1 Å². The average Bonchev–Trinajstić information content (AvgIpc) is 2.23. The molecule has 16 heavy (non-hydrogen) atoms. The van der Waals surface area contributed by atoms with Crippen molar-refractivity contribution in [3.8, 4) is 0 Å². The number of ether oxygens (including phenoxy) is 1. The number of hydrogen-bond acceptors (Lipinski definition) is 3. The van der Waals surface area contributed by atoms with Crippen LogP contribution in [0.3, 0.4) is 0 Å². The van der Waals surface area contributed by atoms with Gasteiger partial charge in [-0.25, -0.2) is 0 Å². The highest BCUT2D eigenvalue weighted by Crippen LogP contribution is 2.16. The third kappa shape index (κ3) is 2.61. The highest BCUT2D eigenvalue weighted by Gasteiger charge is 2.25. The maximum atomic E-state index is 5.81. The van der Waals surface area contributed by atoms with Gasteiger partial charge in [-0.1, -0.05) is 24.3 Å². The molecule has 0 saturated carbocycles. The van der Waals surface area contributed by atoms with Gasteiger partial charge >= 0.3 is 0 Å². The summed E-state index contributed by atoms with van der Waals surface area (Å²) in [4.78, 5) is 2.38. The first kappa shape index (κ1) is 11.6. The minimum absolute atomic E-state index is 0.121. The van der Waals surface area contributed by atoms with Gasteiger partial charge in [-0.2, -0.15) is 0 Å². The van der Waals surface area contributed by atoms with E-state index in [4.69, 9.17) is 10.5 Å². The second-order valence-electron chi connectivity index (χ2n) is 4.58. The number of likely N-dealkylation sites (tertiary alicyclic amines) is 1. The van der Waals surface area contributed by atoms with Gasteiger partial charge in [-0.15, -0.1) is 0 Å². The van der Waals surface area contributed by atoms with Crippen LogP contribution in [0.25, 0.3) is 0 Å². The molecule has 1 saturated heterocycles. The van der Waals surface area contributed by atoms with Gasteiger partial charge < -0.3 is 10.5 Å². The topological polar surface area (TPSA) is 38.5 Å². The average molecular weight is 220 g/mol. The predicted molar refractivity (Wildman–Crippen MR) is 65.1 cm³/mol. The molecule has 1 fully saturated rings. The Hall–Kier alpha value is -0.900. The molecule has 2 rings (SSSR count). The Morgan fingerprint density at radius 2 is 2.00 bits per heavy atom. The van der Waals surface area contributed by atoms with Gasteiger partial charge in [-0.3, -0.25) is 4.90 Å². The molecule has 0 aromatic heterocycles.